The van der Waals surface area contributed by atoms with E-state index in [4.69, 9.17) is 0 Å². The molecule has 10 heteroatoms. The minimum atomic E-state index is -3.47. The van der Waals surface area contributed by atoms with E-state index in [1.165, 1.54) is 50.2 Å². The first-order valence-electron chi connectivity index (χ1n) is 8.76. The molecule has 28 heavy (non-hydrogen) atoms. The molecule has 0 saturated heterocycles. The van der Waals surface area contributed by atoms with E-state index in [1.807, 2.05) is 0 Å². The van der Waals surface area contributed by atoms with Crippen molar-refractivity contribution in [3.8, 4) is 0 Å². The van der Waals surface area contributed by atoms with Crippen LogP contribution in [0.3, 0.4) is 0 Å². The molecule has 150 valence electrons. The van der Waals surface area contributed by atoms with E-state index < -0.39 is 19.7 Å². The summed E-state index contributed by atoms with van der Waals surface area (Å²) < 4.78 is 48.6. The topological polar surface area (TPSA) is 120 Å². The first kappa shape index (κ1) is 20.3. The Morgan fingerprint density at radius 2 is 1.11 bits per heavy atom. The van der Waals surface area contributed by atoms with Crippen LogP contribution in [0.1, 0.15) is 25.0 Å². The van der Waals surface area contributed by atoms with Gasteiger partial charge in [0.05, 0.1) is 31.0 Å². The molecule has 8 nitrogen and oxygen atoms in total. The highest BCUT2D eigenvalue weighted by molar-refractivity contribution is 7.91. The zero-order valence-corrected chi connectivity index (χ0v) is 17.1. The van der Waals surface area contributed by atoms with E-state index in [0.717, 1.165) is 0 Å². The molecule has 0 unspecified atom stereocenters. The lowest BCUT2D eigenvalue weighted by molar-refractivity contribution is -0.897. The highest BCUT2D eigenvalue weighted by Crippen LogP contribution is 2.32. The number of fused-ring (bicyclic) bond motifs is 2. The molecule has 0 fully saturated rings. The smallest absolute Gasteiger partial charge is 0.291 e. The van der Waals surface area contributed by atoms with Crippen LogP contribution in [0.25, 0.3) is 0 Å². The van der Waals surface area contributed by atoms with Gasteiger partial charge >= 0.3 is 0 Å². The Labute approximate surface area is 163 Å². The Kier molecular flexibility index (Phi) is 5.20. The number of nitrogens with zero attached hydrogens (tertiary/aromatic N) is 2. The van der Waals surface area contributed by atoms with Crippen molar-refractivity contribution in [2.24, 2.45) is 0 Å². The molecule has 2 aromatic rings. The van der Waals surface area contributed by atoms with Gasteiger partial charge in [-0.25, -0.2) is 16.8 Å². The summed E-state index contributed by atoms with van der Waals surface area (Å²) in [6.45, 7) is 3.05. The van der Waals surface area contributed by atoms with Gasteiger partial charge in [0, 0.05) is 23.3 Å². The van der Waals surface area contributed by atoms with Gasteiger partial charge in [0.1, 0.15) is 0 Å². The van der Waals surface area contributed by atoms with Crippen molar-refractivity contribution < 1.29 is 26.6 Å². The van der Waals surface area contributed by atoms with Gasteiger partial charge in [-0.3, -0.25) is 0 Å². The van der Waals surface area contributed by atoms with Gasteiger partial charge in [-0.2, -0.15) is 0 Å². The summed E-state index contributed by atoms with van der Waals surface area (Å²) in [6.07, 6.45) is 0.579. The minimum absolute atomic E-state index is 0.0703. The van der Waals surface area contributed by atoms with Crippen LogP contribution in [0.5, 0.6) is 0 Å². The average molecular weight is 425 g/mol. The summed E-state index contributed by atoms with van der Waals surface area (Å²) in [5, 5.41) is 25.2. The van der Waals surface area contributed by atoms with E-state index in [0.29, 0.717) is 11.1 Å². The Morgan fingerprint density at radius 1 is 0.750 bits per heavy atom. The standard InChI is InChI=1S/C18H20N2O6S2/c1-3-27(23,24)15-7-9-17-13(11-15)5-6-14-12-16(28(25,26)4-2)8-10-18(14)20(22)19(17)21/h7-12H,3-6H2,1-2H3/b20-19-. The minimum Gasteiger partial charge on any atom is -0.561 e. The lowest BCUT2D eigenvalue weighted by Crippen LogP contribution is -2.16. The maximum absolute atomic E-state index is 12.6. The molecular weight excluding hydrogens is 404 g/mol. The van der Waals surface area contributed by atoms with Crippen molar-refractivity contribution >= 4 is 31.0 Å². The largest absolute Gasteiger partial charge is 0.561 e. The fourth-order valence-electron chi connectivity index (χ4n) is 3.08. The Bertz CT molecular complexity index is 1090. The Hall–Kier alpha value is -2.46. The van der Waals surface area contributed by atoms with Crippen LogP contribution in [0.15, 0.2) is 46.2 Å². The van der Waals surface area contributed by atoms with Gasteiger partial charge in [0.25, 0.3) is 11.4 Å². The summed E-state index contributed by atoms with van der Waals surface area (Å²) in [6, 6.07) is 8.11. The fourth-order valence-corrected chi connectivity index (χ4v) is 4.94. The van der Waals surface area contributed by atoms with Crippen LogP contribution >= 0.6 is 0 Å². The predicted octanol–water partition coefficient (Wildman–Crippen LogP) is 2.81. The second-order valence-electron chi connectivity index (χ2n) is 6.43. The van der Waals surface area contributed by atoms with E-state index in [-0.39, 0.29) is 55.2 Å². The zero-order valence-electron chi connectivity index (χ0n) is 15.5. The molecule has 0 amide bonds. The van der Waals surface area contributed by atoms with Gasteiger partial charge in [0.15, 0.2) is 19.7 Å². The third kappa shape index (κ3) is 3.49. The van der Waals surface area contributed by atoms with Gasteiger partial charge in [-0.05, 0) is 37.1 Å². The molecule has 1 aliphatic rings. The zero-order chi connectivity index (χ0) is 20.7. The Balaban J connectivity index is 2.18. The number of aryl methyl sites for hydroxylation is 2. The van der Waals surface area contributed by atoms with Crippen molar-refractivity contribution in [2.45, 2.75) is 36.5 Å². The number of rotatable bonds is 4. The second kappa shape index (κ2) is 7.17. The number of benzene rings is 2. The molecule has 0 aliphatic carbocycles. The van der Waals surface area contributed by atoms with Crippen molar-refractivity contribution in [3.05, 3.63) is 57.9 Å². The SMILES string of the molecule is CCS(=O)(=O)c1ccc2c(c1)CCc1cc(S(=O)(=O)CC)ccc1/[N+]([O-])=[N+]\2[O-]. The predicted molar refractivity (Wildman–Crippen MR) is 102 cm³/mol. The molecule has 0 saturated carbocycles. The van der Waals surface area contributed by atoms with Gasteiger partial charge in [-0.15, -0.1) is 0 Å². The number of azo groups is 1. The summed E-state index contributed by atoms with van der Waals surface area (Å²) in [5.41, 5.74) is 0.974. The lowest BCUT2D eigenvalue weighted by atomic mass is 10.0. The monoisotopic (exact) mass is 424 g/mol. The first-order valence-corrected chi connectivity index (χ1v) is 12.1. The molecule has 0 atom stereocenters. The first-order chi connectivity index (χ1) is 13.1. The van der Waals surface area contributed by atoms with E-state index in [2.05, 4.69) is 0 Å². The number of hydrogen-bond donors (Lipinski definition) is 0. The summed E-state index contributed by atoms with van der Waals surface area (Å²) in [7, 11) is -6.93. The van der Waals surface area contributed by atoms with Crippen molar-refractivity contribution in [3.63, 3.8) is 0 Å². The lowest BCUT2D eigenvalue weighted by Gasteiger charge is -2.14. The van der Waals surface area contributed by atoms with E-state index >= 15 is 0 Å². The van der Waals surface area contributed by atoms with Gasteiger partial charge < -0.3 is 10.4 Å². The molecule has 2 aromatic carbocycles. The third-order valence-electron chi connectivity index (χ3n) is 4.82. The van der Waals surface area contributed by atoms with Gasteiger partial charge in [0.2, 0.25) is 0 Å². The van der Waals surface area contributed by atoms with Crippen LogP contribution in [0.4, 0.5) is 11.4 Å². The quantitative estimate of drug-likeness (QED) is 0.550. The van der Waals surface area contributed by atoms with Crippen LogP contribution in [0, 0.1) is 10.4 Å². The second-order valence-corrected chi connectivity index (χ2v) is 11.0. The molecule has 0 bridgehead atoms. The molecular formula is C18H20N2O6S2. The van der Waals surface area contributed by atoms with Crippen molar-refractivity contribution in [2.75, 3.05) is 11.5 Å². The molecule has 0 radical (unpaired) electrons. The van der Waals surface area contributed by atoms with E-state index in [1.54, 1.807) is 0 Å². The Morgan fingerprint density at radius 3 is 1.43 bits per heavy atom. The molecule has 0 N–H and O–H groups in total. The summed E-state index contributed by atoms with van der Waals surface area (Å²) in [5.74, 6) is -0.163. The number of hydrogen-bond acceptors (Lipinski definition) is 6. The van der Waals surface area contributed by atoms with Crippen LogP contribution in [-0.4, -0.2) is 38.1 Å². The average Bonchev–Trinajstić information content (AvgIpc) is 2.69. The fraction of sp³-hybridized carbons (Fsp3) is 0.333. The van der Waals surface area contributed by atoms with E-state index in [9.17, 15) is 27.3 Å². The van der Waals surface area contributed by atoms with Crippen LogP contribution in [0.2, 0.25) is 0 Å². The molecule has 1 aliphatic heterocycles. The summed E-state index contributed by atoms with van der Waals surface area (Å²) in [4.78, 5) is 0.485. The maximum atomic E-state index is 12.6. The molecule has 1 heterocycles. The van der Waals surface area contributed by atoms with Gasteiger partial charge in [-0.1, -0.05) is 13.8 Å². The summed E-state index contributed by atoms with van der Waals surface area (Å²) >= 11 is 0. The van der Waals surface area contributed by atoms with Crippen LogP contribution < -0.4 is 0 Å². The molecule has 0 aromatic heterocycles. The third-order valence-corrected chi connectivity index (χ3v) is 8.29. The highest BCUT2D eigenvalue weighted by atomic mass is 32.2. The van der Waals surface area contributed by atoms with Crippen molar-refractivity contribution in [1.29, 1.82) is 0 Å². The normalized spacial score (nSPS) is 17.4. The maximum Gasteiger partial charge on any atom is 0.291 e. The molecule has 0 spiro atoms. The van der Waals surface area contributed by atoms with Crippen molar-refractivity contribution in [1.82, 2.24) is 0 Å². The number of sulfone groups is 2. The molecule has 3 rings (SSSR count). The highest BCUT2D eigenvalue weighted by Gasteiger charge is 2.28. The van der Waals surface area contributed by atoms with Crippen LogP contribution in [-0.2, 0) is 32.5 Å².